The van der Waals surface area contributed by atoms with Crippen LogP contribution in [0.4, 0.5) is 10.5 Å². The average molecular weight is 343 g/mol. The largest absolute Gasteiger partial charge is 0.497 e. The van der Waals surface area contributed by atoms with Gasteiger partial charge in [-0.3, -0.25) is 4.79 Å². The fourth-order valence-electron chi connectivity index (χ4n) is 1.98. The Kier molecular flexibility index (Phi) is 7.12. The van der Waals surface area contributed by atoms with Crippen molar-refractivity contribution in [2.24, 2.45) is 0 Å². The van der Waals surface area contributed by atoms with Crippen molar-refractivity contribution in [3.63, 3.8) is 0 Å². The van der Waals surface area contributed by atoms with E-state index in [0.717, 1.165) is 5.75 Å². The highest BCUT2D eigenvalue weighted by Gasteiger charge is 2.06. The summed E-state index contributed by atoms with van der Waals surface area (Å²) in [4.78, 5) is 23.4. The highest BCUT2D eigenvalue weighted by atomic mass is 16.5. The summed E-state index contributed by atoms with van der Waals surface area (Å²) in [7, 11) is 1.55. The summed E-state index contributed by atoms with van der Waals surface area (Å²) in [6.07, 6.45) is 0. The Labute approximate surface area is 146 Å². The van der Waals surface area contributed by atoms with E-state index in [9.17, 15) is 9.59 Å². The zero-order valence-corrected chi connectivity index (χ0v) is 14.0. The van der Waals surface area contributed by atoms with Crippen LogP contribution in [0.5, 0.6) is 11.5 Å². The molecule has 7 heteroatoms. The van der Waals surface area contributed by atoms with E-state index >= 15 is 0 Å². The highest BCUT2D eigenvalue weighted by Crippen LogP contribution is 2.16. The van der Waals surface area contributed by atoms with Gasteiger partial charge in [0.15, 0.2) is 0 Å². The molecule has 0 saturated carbocycles. The number of rotatable bonds is 8. The van der Waals surface area contributed by atoms with Gasteiger partial charge in [0.05, 0.1) is 20.2 Å². The second-order valence-corrected chi connectivity index (χ2v) is 5.05. The number of ether oxygens (including phenoxy) is 2. The molecule has 3 amide bonds. The summed E-state index contributed by atoms with van der Waals surface area (Å²) in [5.74, 6) is 1.08. The van der Waals surface area contributed by atoms with E-state index in [0.29, 0.717) is 24.6 Å². The maximum atomic E-state index is 11.8. The van der Waals surface area contributed by atoms with Crippen LogP contribution in [0.15, 0.2) is 54.6 Å². The number of hydrogen-bond acceptors (Lipinski definition) is 4. The van der Waals surface area contributed by atoms with E-state index in [1.54, 1.807) is 31.4 Å². The molecule has 0 unspecified atom stereocenters. The van der Waals surface area contributed by atoms with Gasteiger partial charge < -0.3 is 25.4 Å². The zero-order valence-electron chi connectivity index (χ0n) is 14.0. The Hall–Kier alpha value is -3.22. The van der Waals surface area contributed by atoms with Gasteiger partial charge in [-0.25, -0.2) is 4.79 Å². The van der Waals surface area contributed by atoms with E-state index in [1.165, 1.54) is 0 Å². The first-order valence-electron chi connectivity index (χ1n) is 7.81. The van der Waals surface area contributed by atoms with Crippen LogP contribution in [-0.4, -0.2) is 38.7 Å². The molecule has 2 rings (SSSR count). The van der Waals surface area contributed by atoms with Crippen molar-refractivity contribution in [1.82, 2.24) is 10.6 Å². The quantitative estimate of drug-likeness (QED) is 0.640. The standard InChI is InChI=1S/C18H21N3O4/c1-24-16-9-5-6-14(12-16)21-18(23)20-13-17(22)19-10-11-25-15-7-3-2-4-8-15/h2-9,12H,10-11,13H2,1H3,(H,19,22)(H2,20,21,23). The van der Waals surface area contributed by atoms with Crippen LogP contribution in [0, 0.1) is 0 Å². The molecular weight excluding hydrogens is 322 g/mol. The minimum absolute atomic E-state index is 0.124. The monoisotopic (exact) mass is 343 g/mol. The third-order valence-electron chi connectivity index (χ3n) is 3.17. The molecule has 3 N–H and O–H groups in total. The minimum atomic E-state index is -0.469. The number of urea groups is 1. The highest BCUT2D eigenvalue weighted by molar-refractivity contribution is 5.92. The van der Waals surface area contributed by atoms with Crippen molar-refractivity contribution in [1.29, 1.82) is 0 Å². The molecule has 132 valence electrons. The lowest BCUT2D eigenvalue weighted by atomic mass is 10.3. The first-order valence-corrected chi connectivity index (χ1v) is 7.81. The Morgan fingerprint density at radius 3 is 2.48 bits per heavy atom. The third-order valence-corrected chi connectivity index (χ3v) is 3.17. The molecule has 0 spiro atoms. The molecule has 0 heterocycles. The smallest absolute Gasteiger partial charge is 0.319 e. The fourth-order valence-corrected chi connectivity index (χ4v) is 1.98. The van der Waals surface area contributed by atoms with Gasteiger partial charge in [-0.2, -0.15) is 0 Å². The second kappa shape index (κ2) is 9.82. The normalized spacial score (nSPS) is 9.80. The summed E-state index contributed by atoms with van der Waals surface area (Å²) in [6.45, 7) is 0.583. The van der Waals surface area contributed by atoms with Gasteiger partial charge >= 0.3 is 6.03 Å². The van der Waals surface area contributed by atoms with Crippen LogP contribution in [0.1, 0.15) is 0 Å². The second-order valence-electron chi connectivity index (χ2n) is 5.05. The molecule has 25 heavy (non-hydrogen) atoms. The Balaban J connectivity index is 1.61. The predicted molar refractivity (Wildman–Crippen MR) is 95.0 cm³/mol. The lowest BCUT2D eigenvalue weighted by Crippen LogP contribution is -2.40. The molecule has 7 nitrogen and oxygen atoms in total. The summed E-state index contributed by atoms with van der Waals surface area (Å²) in [5.41, 5.74) is 0.577. The minimum Gasteiger partial charge on any atom is -0.497 e. The number of carbonyl (C=O) groups excluding carboxylic acids is 2. The van der Waals surface area contributed by atoms with Crippen molar-refractivity contribution in [2.75, 3.05) is 32.1 Å². The molecule has 0 aliphatic rings. The molecule has 0 radical (unpaired) electrons. The van der Waals surface area contributed by atoms with E-state index in [2.05, 4.69) is 16.0 Å². The number of nitrogens with one attached hydrogen (secondary N) is 3. The third kappa shape index (κ3) is 6.82. The van der Waals surface area contributed by atoms with Crippen LogP contribution in [-0.2, 0) is 4.79 Å². The van der Waals surface area contributed by atoms with Crippen LogP contribution in [0.2, 0.25) is 0 Å². The first-order chi connectivity index (χ1) is 12.2. The number of hydrogen-bond donors (Lipinski definition) is 3. The van der Waals surface area contributed by atoms with Crippen LogP contribution in [0.25, 0.3) is 0 Å². The molecule has 0 aromatic heterocycles. The predicted octanol–water partition coefficient (Wildman–Crippen LogP) is 2.01. The molecule has 0 fully saturated rings. The molecule has 2 aromatic rings. The van der Waals surface area contributed by atoms with Gasteiger partial charge in [0, 0.05) is 11.8 Å². The molecule has 0 saturated heterocycles. The van der Waals surface area contributed by atoms with Crippen molar-refractivity contribution < 1.29 is 19.1 Å². The summed E-state index contributed by atoms with van der Waals surface area (Å²) < 4.78 is 10.5. The van der Waals surface area contributed by atoms with Crippen LogP contribution in [0.3, 0.4) is 0 Å². The Bertz CT molecular complexity index is 692. The number of benzene rings is 2. The first kappa shape index (κ1) is 18.1. The van der Waals surface area contributed by atoms with Crippen molar-refractivity contribution >= 4 is 17.6 Å². The summed E-state index contributed by atoms with van der Waals surface area (Å²) in [5, 5.41) is 7.77. The zero-order chi connectivity index (χ0) is 17.9. The van der Waals surface area contributed by atoms with Gasteiger partial charge in [0.25, 0.3) is 0 Å². The fraction of sp³-hybridized carbons (Fsp3) is 0.222. The SMILES string of the molecule is COc1cccc(NC(=O)NCC(=O)NCCOc2ccccc2)c1. The lowest BCUT2D eigenvalue weighted by Gasteiger charge is -2.10. The van der Waals surface area contributed by atoms with Gasteiger partial charge in [0.1, 0.15) is 18.1 Å². The molecule has 0 aliphatic heterocycles. The van der Waals surface area contributed by atoms with Gasteiger partial charge in [-0.15, -0.1) is 0 Å². The van der Waals surface area contributed by atoms with Gasteiger partial charge in [-0.05, 0) is 24.3 Å². The molecular formula is C18H21N3O4. The van der Waals surface area contributed by atoms with Gasteiger partial charge in [0.2, 0.25) is 5.91 Å². The average Bonchev–Trinajstić information content (AvgIpc) is 2.64. The molecule has 0 atom stereocenters. The van der Waals surface area contributed by atoms with Crippen LogP contribution < -0.4 is 25.4 Å². The van der Waals surface area contributed by atoms with E-state index in [1.807, 2.05) is 30.3 Å². The number of para-hydroxylation sites is 1. The van der Waals surface area contributed by atoms with Crippen molar-refractivity contribution in [3.05, 3.63) is 54.6 Å². The van der Waals surface area contributed by atoms with E-state index < -0.39 is 6.03 Å². The molecule has 0 bridgehead atoms. The number of carbonyl (C=O) groups is 2. The topological polar surface area (TPSA) is 88.7 Å². The van der Waals surface area contributed by atoms with Gasteiger partial charge in [-0.1, -0.05) is 24.3 Å². The Morgan fingerprint density at radius 1 is 0.960 bits per heavy atom. The molecule has 2 aromatic carbocycles. The van der Waals surface area contributed by atoms with Crippen LogP contribution >= 0.6 is 0 Å². The number of anilines is 1. The maximum absolute atomic E-state index is 11.8. The van der Waals surface area contributed by atoms with E-state index in [4.69, 9.17) is 9.47 Å². The summed E-state index contributed by atoms with van der Waals surface area (Å²) in [6, 6.07) is 15.8. The summed E-state index contributed by atoms with van der Waals surface area (Å²) >= 11 is 0. The van der Waals surface area contributed by atoms with Crippen molar-refractivity contribution in [3.8, 4) is 11.5 Å². The number of methoxy groups -OCH3 is 1. The van der Waals surface area contributed by atoms with Crippen molar-refractivity contribution in [2.45, 2.75) is 0 Å². The maximum Gasteiger partial charge on any atom is 0.319 e. The number of amides is 3. The lowest BCUT2D eigenvalue weighted by molar-refractivity contribution is -0.120. The van der Waals surface area contributed by atoms with E-state index in [-0.39, 0.29) is 12.5 Å². The molecule has 0 aliphatic carbocycles. The Morgan fingerprint density at radius 2 is 1.72 bits per heavy atom.